The van der Waals surface area contributed by atoms with Crippen LogP contribution in [0.4, 0.5) is 0 Å². The largest absolute Gasteiger partial charge is 0.395 e. The molecule has 19 heavy (non-hydrogen) atoms. The number of rotatable bonds is 8. The van der Waals surface area contributed by atoms with E-state index in [2.05, 4.69) is 18.8 Å². The zero-order valence-corrected chi connectivity index (χ0v) is 11.9. The van der Waals surface area contributed by atoms with Gasteiger partial charge in [-0.15, -0.1) is 0 Å². The smallest absolute Gasteiger partial charge is 0.223 e. The Morgan fingerprint density at radius 2 is 1.95 bits per heavy atom. The van der Waals surface area contributed by atoms with Crippen LogP contribution in [0.2, 0.25) is 0 Å². The summed E-state index contributed by atoms with van der Waals surface area (Å²) in [4.78, 5) is 18.0. The molecule has 1 aromatic rings. The van der Waals surface area contributed by atoms with E-state index in [1.807, 2.05) is 17.0 Å². The van der Waals surface area contributed by atoms with Crippen molar-refractivity contribution in [2.24, 2.45) is 0 Å². The molecule has 0 fully saturated rings. The molecule has 0 aliphatic heterocycles. The summed E-state index contributed by atoms with van der Waals surface area (Å²) >= 11 is 0. The molecule has 0 unspecified atom stereocenters. The monoisotopic (exact) mass is 264 g/mol. The van der Waals surface area contributed by atoms with Crippen LogP contribution in [-0.4, -0.2) is 40.1 Å². The fourth-order valence-electron chi connectivity index (χ4n) is 2.29. The number of aromatic nitrogens is 1. The predicted octanol–water partition coefficient (Wildman–Crippen LogP) is 2.02. The van der Waals surface area contributed by atoms with Crippen LogP contribution in [0, 0.1) is 0 Å². The molecular formula is C15H24N2O2. The first-order valence-electron chi connectivity index (χ1n) is 7.02. The van der Waals surface area contributed by atoms with E-state index in [4.69, 9.17) is 5.11 Å². The van der Waals surface area contributed by atoms with Crippen LogP contribution in [0.25, 0.3) is 0 Å². The van der Waals surface area contributed by atoms with Gasteiger partial charge in [-0.25, -0.2) is 0 Å². The van der Waals surface area contributed by atoms with Crippen molar-refractivity contribution < 1.29 is 9.90 Å². The molecule has 0 atom stereocenters. The fraction of sp³-hybridized carbons (Fsp3) is 0.600. The van der Waals surface area contributed by atoms with Gasteiger partial charge in [-0.1, -0.05) is 13.8 Å². The lowest BCUT2D eigenvalue weighted by molar-refractivity contribution is -0.134. The van der Waals surface area contributed by atoms with Crippen molar-refractivity contribution in [2.75, 3.05) is 13.2 Å². The molecule has 1 rings (SSSR count). The normalized spacial score (nSPS) is 10.7. The van der Waals surface area contributed by atoms with Gasteiger partial charge in [0.05, 0.1) is 6.61 Å². The van der Waals surface area contributed by atoms with Gasteiger partial charge in [0.2, 0.25) is 5.91 Å². The molecule has 0 spiro atoms. The molecule has 1 heterocycles. The molecule has 4 heteroatoms. The van der Waals surface area contributed by atoms with E-state index < -0.39 is 0 Å². The highest BCUT2D eigenvalue weighted by atomic mass is 16.3. The van der Waals surface area contributed by atoms with Crippen LogP contribution in [0.3, 0.4) is 0 Å². The zero-order chi connectivity index (χ0) is 14.1. The van der Waals surface area contributed by atoms with Crippen molar-refractivity contribution in [2.45, 2.75) is 45.6 Å². The summed E-state index contributed by atoms with van der Waals surface area (Å²) in [6, 6.07) is 4.10. The van der Waals surface area contributed by atoms with Gasteiger partial charge >= 0.3 is 0 Å². The number of aliphatic hydroxyl groups is 1. The van der Waals surface area contributed by atoms with Crippen molar-refractivity contribution in [3.63, 3.8) is 0 Å². The minimum atomic E-state index is 0.0253. The van der Waals surface area contributed by atoms with E-state index in [-0.39, 0.29) is 18.6 Å². The summed E-state index contributed by atoms with van der Waals surface area (Å²) in [6.45, 7) is 4.61. The molecule has 0 aromatic carbocycles. The summed E-state index contributed by atoms with van der Waals surface area (Å²) in [5.41, 5.74) is 1.12. The van der Waals surface area contributed by atoms with Gasteiger partial charge in [0, 0.05) is 31.4 Å². The third-order valence-corrected chi connectivity index (χ3v) is 3.42. The van der Waals surface area contributed by atoms with E-state index in [1.165, 1.54) is 0 Å². The Hall–Kier alpha value is -1.42. The topological polar surface area (TPSA) is 53.4 Å². The number of nitrogens with zero attached hydrogens (tertiary/aromatic N) is 2. The second kappa shape index (κ2) is 8.64. The van der Waals surface area contributed by atoms with Crippen LogP contribution < -0.4 is 0 Å². The molecule has 106 valence electrons. The van der Waals surface area contributed by atoms with Gasteiger partial charge in [0.15, 0.2) is 0 Å². The summed E-state index contributed by atoms with van der Waals surface area (Å²) < 4.78 is 0. The molecule has 1 amide bonds. The van der Waals surface area contributed by atoms with Crippen molar-refractivity contribution in [1.82, 2.24) is 9.88 Å². The molecule has 0 bridgehead atoms. The van der Waals surface area contributed by atoms with Crippen molar-refractivity contribution >= 4 is 5.91 Å². The molecular weight excluding hydrogens is 240 g/mol. The van der Waals surface area contributed by atoms with E-state index in [0.717, 1.165) is 24.8 Å². The highest BCUT2D eigenvalue weighted by Gasteiger charge is 2.19. The third-order valence-electron chi connectivity index (χ3n) is 3.42. The molecule has 0 saturated heterocycles. The van der Waals surface area contributed by atoms with E-state index >= 15 is 0 Å². The highest BCUT2D eigenvalue weighted by molar-refractivity contribution is 5.76. The average Bonchev–Trinajstić information content (AvgIpc) is 2.46. The van der Waals surface area contributed by atoms with E-state index in [0.29, 0.717) is 13.0 Å². The lowest BCUT2D eigenvalue weighted by Gasteiger charge is -2.30. The predicted molar refractivity (Wildman–Crippen MR) is 75.7 cm³/mol. The van der Waals surface area contributed by atoms with Gasteiger partial charge in [-0.2, -0.15) is 0 Å². The molecule has 0 aliphatic rings. The zero-order valence-electron chi connectivity index (χ0n) is 11.9. The Bertz CT molecular complexity index is 364. The first-order valence-corrected chi connectivity index (χ1v) is 7.02. The molecule has 0 aliphatic carbocycles. The maximum Gasteiger partial charge on any atom is 0.223 e. The van der Waals surface area contributed by atoms with Gasteiger partial charge in [0.25, 0.3) is 0 Å². The second-order valence-corrected chi connectivity index (χ2v) is 4.64. The van der Waals surface area contributed by atoms with Gasteiger partial charge in [-0.3, -0.25) is 9.78 Å². The van der Waals surface area contributed by atoms with Crippen molar-refractivity contribution in [3.8, 4) is 0 Å². The summed E-state index contributed by atoms with van der Waals surface area (Å²) in [5, 5.41) is 9.11. The summed E-state index contributed by atoms with van der Waals surface area (Å²) in [6.07, 6.45) is 6.55. The molecule has 1 aromatic heterocycles. The van der Waals surface area contributed by atoms with Gasteiger partial charge in [0.1, 0.15) is 0 Å². The number of pyridine rings is 1. The van der Waals surface area contributed by atoms with Crippen molar-refractivity contribution in [3.05, 3.63) is 30.1 Å². The Kier molecular flexibility index (Phi) is 7.11. The molecule has 4 nitrogen and oxygen atoms in total. The Morgan fingerprint density at radius 3 is 2.47 bits per heavy atom. The van der Waals surface area contributed by atoms with E-state index in [9.17, 15) is 4.79 Å². The lowest BCUT2D eigenvalue weighted by atomic mass is 10.1. The van der Waals surface area contributed by atoms with Crippen LogP contribution in [0.15, 0.2) is 24.5 Å². The van der Waals surface area contributed by atoms with Crippen LogP contribution in [0.1, 0.15) is 38.7 Å². The lowest BCUT2D eigenvalue weighted by Crippen LogP contribution is -2.41. The number of hydrogen-bond donors (Lipinski definition) is 1. The van der Waals surface area contributed by atoms with Gasteiger partial charge < -0.3 is 10.0 Å². The minimum absolute atomic E-state index is 0.0253. The minimum Gasteiger partial charge on any atom is -0.395 e. The number of carbonyl (C=O) groups excluding carboxylic acids is 1. The third kappa shape index (κ3) is 4.99. The number of carbonyl (C=O) groups is 1. The van der Waals surface area contributed by atoms with Crippen molar-refractivity contribution in [1.29, 1.82) is 0 Å². The van der Waals surface area contributed by atoms with Gasteiger partial charge in [-0.05, 0) is 37.0 Å². The standard InChI is InChI=1S/C15H24N2O2/c1-3-14(4-2)17(11-12-18)15(19)6-5-13-7-9-16-10-8-13/h7-10,14,18H,3-6,11-12H2,1-2H3. The summed E-state index contributed by atoms with van der Waals surface area (Å²) in [5.74, 6) is 0.125. The molecule has 0 radical (unpaired) electrons. The number of amides is 1. The quantitative estimate of drug-likeness (QED) is 0.781. The highest BCUT2D eigenvalue weighted by Crippen LogP contribution is 2.11. The molecule has 1 N–H and O–H groups in total. The SMILES string of the molecule is CCC(CC)N(CCO)C(=O)CCc1ccncc1. The maximum absolute atomic E-state index is 12.3. The van der Waals surface area contributed by atoms with E-state index in [1.54, 1.807) is 12.4 Å². The van der Waals surface area contributed by atoms with Crippen LogP contribution in [0.5, 0.6) is 0 Å². The molecule has 0 saturated carbocycles. The number of hydrogen-bond acceptors (Lipinski definition) is 3. The maximum atomic E-state index is 12.3. The van der Waals surface area contributed by atoms with Crippen LogP contribution in [-0.2, 0) is 11.2 Å². The second-order valence-electron chi connectivity index (χ2n) is 4.64. The van der Waals surface area contributed by atoms with Crippen LogP contribution >= 0.6 is 0 Å². The Morgan fingerprint density at radius 1 is 1.32 bits per heavy atom. The Balaban J connectivity index is 2.57. The first kappa shape index (κ1) is 15.6. The number of aliphatic hydroxyl groups excluding tert-OH is 1. The Labute approximate surface area is 115 Å². The summed E-state index contributed by atoms with van der Waals surface area (Å²) in [7, 11) is 0. The number of aryl methyl sites for hydroxylation is 1. The average molecular weight is 264 g/mol. The fourth-order valence-corrected chi connectivity index (χ4v) is 2.29. The first-order chi connectivity index (χ1) is 9.22.